The number of hydrogen-bond donors (Lipinski definition) is 0. The van der Waals surface area contributed by atoms with Crippen molar-refractivity contribution in [2.45, 2.75) is 58.7 Å². The lowest BCUT2D eigenvalue weighted by Crippen LogP contribution is -2.46. The largest absolute Gasteiger partial charge is 0.444 e. The number of nitrogens with zero attached hydrogens (tertiary/aromatic N) is 1. The standard InChI is InChI=1S/C16H21BrFNO2/c1-5-12-8-13-10(6-11(17)7-14(13)18)9-19(12)15(20)21-16(2,3)4/h6-7,12H,5,8-9H2,1-4H3. The Balaban J connectivity index is 2.29. The minimum absolute atomic E-state index is 0.0250. The fraction of sp³-hybridized carbons (Fsp3) is 0.562. The number of carbonyl (C=O) groups is 1. The number of amides is 1. The molecule has 0 saturated carbocycles. The minimum Gasteiger partial charge on any atom is -0.444 e. The van der Waals surface area contributed by atoms with Crippen molar-refractivity contribution in [3.05, 3.63) is 33.5 Å². The van der Waals surface area contributed by atoms with E-state index in [2.05, 4.69) is 15.9 Å². The van der Waals surface area contributed by atoms with Crippen LogP contribution in [0.15, 0.2) is 16.6 Å². The lowest BCUT2D eigenvalue weighted by atomic mass is 9.92. The van der Waals surface area contributed by atoms with Crippen LogP contribution in [0.2, 0.25) is 0 Å². The zero-order valence-corrected chi connectivity index (χ0v) is 14.5. The number of halogens is 2. The molecule has 1 amide bonds. The van der Waals surface area contributed by atoms with Crippen molar-refractivity contribution in [1.29, 1.82) is 0 Å². The van der Waals surface area contributed by atoms with Gasteiger partial charge in [0.1, 0.15) is 11.4 Å². The molecule has 0 bridgehead atoms. The van der Waals surface area contributed by atoms with E-state index in [-0.39, 0.29) is 18.0 Å². The molecule has 0 saturated heterocycles. The van der Waals surface area contributed by atoms with Crippen molar-refractivity contribution in [2.75, 3.05) is 0 Å². The van der Waals surface area contributed by atoms with Gasteiger partial charge in [0, 0.05) is 17.1 Å². The van der Waals surface area contributed by atoms with Crippen LogP contribution in [-0.4, -0.2) is 22.6 Å². The molecule has 0 aromatic heterocycles. The van der Waals surface area contributed by atoms with Gasteiger partial charge in [-0.2, -0.15) is 0 Å². The van der Waals surface area contributed by atoms with Crippen molar-refractivity contribution in [1.82, 2.24) is 4.90 Å². The number of ether oxygens (including phenoxy) is 1. The predicted octanol–water partition coefficient (Wildman–Crippen LogP) is 4.66. The first-order valence-electron chi connectivity index (χ1n) is 7.17. The highest BCUT2D eigenvalue weighted by Gasteiger charge is 2.33. The average molecular weight is 358 g/mol. The molecule has 0 radical (unpaired) electrons. The summed E-state index contributed by atoms with van der Waals surface area (Å²) in [7, 11) is 0. The fourth-order valence-electron chi connectivity index (χ4n) is 2.58. The molecule has 1 heterocycles. The van der Waals surface area contributed by atoms with E-state index in [0.717, 1.165) is 12.0 Å². The van der Waals surface area contributed by atoms with E-state index in [1.165, 1.54) is 6.07 Å². The SMILES string of the molecule is CCC1Cc2c(F)cc(Br)cc2CN1C(=O)OC(C)(C)C. The molecular formula is C16H21BrFNO2. The molecule has 3 nitrogen and oxygen atoms in total. The number of benzene rings is 1. The smallest absolute Gasteiger partial charge is 0.410 e. The Morgan fingerprint density at radius 2 is 2.14 bits per heavy atom. The summed E-state index contributed by atoms with van der Waals surface area (Å²) >= 11 is 3.30. The lowest BCUT2D eigenvalue weighted by molar-refractivity contribution is 0.0113. The van der Waals surface area contributed by atoms with Crippen LogP contribution in [0, 0.1) is 5.82 Å². The van der Waals surface area contributed by atoms with Gasteiger partial charge >= 0.3 is 6.09 Å². The fourth-order valence-corrected chi connectivity index (χ4v) is 3.06. The van der Waals surface area contributed by atoms with Gasteiger partial charge in [-0.25, -0.2) is 9.18 Å². The molecule has 5 heteroatoms. The van der Waals surface area contributed by atoms with Gasteiger partial charge in [-0.1, -0.05) is 22.9 Å². The third-order valence-electron chi connectivity index (χ3n) is 3.57. The summed E-state index contributed by atoms with van der Waals surface area (Å²) in [5.74, 6) is -0.207. The molecule has 0 fully saturated rings. The zero-order valence-electron chi connectivity index (χ0n) is 12.9. The molecule has 2 rings (SSSR count). The van der Waals surface area contributed by atoms with Gasteiger partial charge in [0.05, 0.1) is 0 Å². The van der Waals surface area contributed by atoms with Crippen LogP contribution in [0.5, 0.6) is 0 Å². The maximum atomic E-state index is 14.1. The van der Waals surface area contributed by atoms with E-state index in [0.29, 0.717) is 23.0 Å². The normalized spacial score (nSPS) is 18.4. The van der Waals surface area contributed by atoms with Crippen LogP contribution in [0.1, 0.15) is 45.2 Å². The lowest BCUT2D eigenvalue weighted by Gasteiger charge is -2.37. The number of carbonyl (C=O) groups excluding carboxylic acids is 1. The van der Waals surface area contributed by atoms with Crippen molar-refractivity contribution >= 4 is 22.0 Å². The number of rotatable bonds is 1. The van der Waals surface area contributed by atoms with E-state index in [9.17, 15) is 9.18 Å². The second kappa shape index (κ2) is 5.95. The Kier molecular flexibility index (Phi) is 4.61. The van der Waals surface area contributed by atoms with Crippen molar-refractivity contribution in [3.63, 3.8) is 0 Å². The van der Waals surface area contributed by atoms with Gasteiger partial charge in [0.15, 0.2) is 0 Å². The zero-order chi connectivity index (χ0) is 15.8. The van der Waals surface area contributed by atoms with Crippen LogP contribution in [-0.2, 0) is 17.7 Å². The molecule has 21 heavy (non-hydrogen) atoms. The summed E-state index contributed by atoms with van der Waals surface area (Å²) in [5, 5.41) is 0. The Bertz CT molecular complexity index is 554. The molecule has 116 valence electrons. The van der Waals surface area contributed by atoms with Crippen LogP contribution < -0.4 is 0 Å². The molecule has 0 aliphatic carbocycles. The summed E-state index contributed by atoms with van der Waals surface area (Å²) < 4.78 is 20.2. The van der Waals surface area contributed by atoms with E-state index in [4.69, 9.17) is 4.74 Å². The molecule has 0 N–H and O–H groups in total. The van der Waals surface area contributed by atoms with Gasteiger partial charge < -0.3 is 9.64 Å². The molecule has 1 aromatic rings. The van der Waals surface area contributed by atoms with Gasteiger partial charge in [-0.3, -0.25) is 0 Å². The summed E-state index contributed by atoms with van der Waals surface area (Å²) in [6.45, 7) is 7.93. The second-order valence-electron chi connectivity index (χ2n) is 6.40. The van der Waals surface area contributed by atoms with Crippen LogP contribution in [0.25, 0.3) is 0 Å². The molecule has 1 unspecified atom stereocenters. The highest BCUT2D eigenvalue weighted by molar-refractivity contribution is 9.10. The Labute approximate surface area is 133 Å². The third kappa shape index (κ3) is 3.76. The third-order valence-corrected chi connectivity index (χ3v) is 4.03. The van der Waals surface area contributed by atoms with Gasteiger partial charge in [0.2, 0.25) is 0 Å². The molecule has 1 aromatic carbocycles. The summed E-state index contributed by atoms with van der Waals surface area (Å²) in [6, 6.07) is 3.33. The minimum atomic E-state index is -0.530. The maximum absolute atomic E-state index is 14.1. The van der Waals surface area contributed by atoms with E-state index < -0.39 is 5.60 Å². The predicted molar refractivity (Wildman–Crippen MR) is 83.7 cm³/mol. The molecule has 1 atom stereocenters. The first-order chi connectivity index (χ1) is 9.71. The Morgan fingerprint density at radius 3 is 2.71 bits per heavy atom. The van der Waals surface area contributed by atoms with Crippen molar-refractivity contribution in [3.8, 4) is 0 Å². The molecule has 0 spiro atoms. The highest BCUT2D eigenvalue weighted by atomic mass is 79.9. The first kappa shape index (κ1) is 16.3. The Morgan fingerprint density at radius 1 is 1.48 bits per heavy atom. The summed E-state index contributed by atoms with van der Waals surface area (Å²) in [4.78, 5) is 14.1. The number of hydrogen-bond acceptors (Lipinski definition) is 2. The summed E-state index contributed by atoms with van der Waals surface area (Å²) in [5.41, 5.74) is 1.03. The van der Waals surface area contributed by atoms with Gasteiger partial charge in [-0.05, 0) is 56.9 Å². The highest BCUT2D eigenvalue weighted by Crippen LogP contribution is 2.30. The molecular weight excluding hydrogens is 337 g/mol. The van der Waals surface area contributed by atoms with Gasteiger partial charge in [0.25, 0.3) is 0 Å². The second-order valence-corrected chi connectivity index (χ2v) is 7.32. The summed E-state index contributed by atoms with van der Waals surface area (Å²) in [6.07, 6.45) is 0.971. The molecule has 1 aliphatic rings. The maximum Gasteiger partial charge on any atom is 0.410 e. The van der Waals surface area contributed by atoms with Crippen molar-refractivity contribution < 1.29 is 13.9 Å². The van der Waals surface area contributed by atoms with Crippen LogP contribution in [0.3, 0.4) is 0 Å². The molecule has 1 aliphatic heterocycles. The van der Waals surface area contributed by atoms with E-state index in [1.54, 1.807) is 4.90 Å². The van der Waals surface area contributed by atoms with Crippen molar-refractivity contribution in [2.24, 2.45) is 0 Å². The first-order valence-corrected chi connectivity index (χ1v) is 7.97. The average Bonchev–Trinajstić information content (AvgIpc) is 2.35. The van der Waals surface area contributed by atoms with E-state index >= 15 is 0 Å². The van der Waals surface area contributed by atoms with Crippen LogP contribution in [0.4, 0.5) is 9.18 Å². The quantitative estimate of drug-likeness (QED) is 0.731. The Hall–Kier alpha value is -1.10. The monoisotopic (exact) mass is 357 g/mol. The topological polar surface area (TPSA) is 29.5 Å². The van der Waals surface area contributed by atoms with Gasteiger partial charge in [-0.15, -0.1) is 0 Å². The number of fused-ring (bicyclic) bond motifs is 1. The van der Waals surface area contributed by atoms with Crippen LogP contribution >= 0.6 is 15.9 Å². The van der Waals surface area contributed by atoms with E-state index in [1.807, 2.05) is 33.8 Å².